The van der Waals surface area contributed by atoms with Crippen molar-refractivity contribution in [1.82, 2.24) is 15.3 Å². The molecule has 3 fully saturated rings. The Labute approximate surface area is 290 Å². The third-order valence-corrected chi connectivity index (χ3v) is 11.2. The van der Waals surface area contributed by atoms with Crippen LogP contribution >= 0.6 is 0 Å². The van der Waals surface area contributed by atoms with Crippen molar-refractivity contribution in [3.8, 4) is 0 Å². The van der Waals surface area contributed by atoms with E-state index in [4.69, 9.17) is 30.1 Å². The number of hydrogen-bond acceptors (Lipinski definition) is 6. The van der Waals surface area contributed by atoms with Gasteiger partial charge in [-0.05, 0) is 44.8 Å². The molecule has 6 heterocycles. The monoisotopic (exact) mass is 645 g/mol. The van der Waals surface area contributed by atoms with Gasteiger partial charge >= 0.3 is 35.0 Å². The van der Waals surface area contributed by atoms with Crippen LogP contribution in [0.4, 0.5) is 0 Å². The Kier molecular flexibility index (Phi) is 8.30. The summed E-state index contributed by atoms with van der Waals surface area (Å²) in [6, 6.07) is -0.829. The zero-order chi connectivity index (χ0) is 32.9. The van der Waals surface area contributed by atoms with Crippen LogP contribution in [-0.2, 0) is 30.3 Å². The molecule has 2 aromatic heterocycles. The number of fused-ring (bicyclic) bond motifs is 7. The number of ketones is 1. The molecular formula is C36H39MgN5O5-2. The molecule has 4 aliphatic heterocycles. The van der Waals surface area contributed by atoms with Gasteiger partial charge in [0.05, 0.1) is 14.2 Å². The molecule has 47 heavy (non-hydrogen) atoms. The molecule has 2 aromatic rings. The van der Waals surface area contributed by atoms with E-state index >= 15 is 0 Å². The second-order valence-electron chi connectivity index (χ2n) is 13.2. The average Bonchev–Trinajstić information content (AvgIpc) is 3.34. The number of rotatable bonds is 6. The molecule has 11 heteroatoms. The van der Waals surface area contributed by atoms with Crippen molar-refractivity contribution < 1.29 is 23.9 Å². The van der Waals surface area contributed by atoms with E-state index in [1.54, 1.807) is 0 Å². The molecule has 8 bridgehead atoms. The van der Waals surface area contributed by atoms with Gasteiger partial charge in [0.25, 0.3) is 0 Å². The van der Waals surface area contributed by atoms with Crippen LogP contribution in [0, 0.1) is 31.6 Å². The molecule has 0 radical (unpaired) electrons. The van der Waals surface area contributed by atoms with Gasteiger partial charge in [0.1, 0.15) is 5.92 Å². The van der Waals surface area contributed by atoms with Gasteiger partial charge in [-0.25, -0.2) is 0 Å². The maximum Gasteiger partial charge on any atom is 2.00 e. The van der Waals surface area contributed by atoms with Gasteiger partial charge in [0.2, 0.25) is 0 Å². The Morgan fingerprint density at radius 2 is 1.81 bits per heavy atom. The van der Waals surface area contributed by atoms with Gasteiger partial charge in [-0.1, -0.05) is 72.8 Å². The van der Waals surface area contributed by atoms with Gasteiger partial charge < -0.3 is 35.4 Å². The van der Waals surface area contributed by atoms with E-state index in [2.05, 4.69) is 38.7 Å². The van der Waals surface area contributed by atoms with Crippen LogP contribution in [0.3, 0.4) is 0 Å². The van der Waals surface area contributed by atoms with E-state index in [0.29, 0.717) is 17.7 Å². The molecule has 7 atom stereocenters. The molecule has 1 aliphatic carbocycles. The van der Waals surface area contributed by atoms with Gasteiger partial charge in [0, 0.05) is 17.5 Å². The van der Waals surface area contributed by atoms with Crippen LogP contribution in [-0.4, -0.2) is 78.3 Å². The van der Waals surface area contributed by atoms with E-state index in [1.165, 1.54) is 14.2 Å². The van der Waals surface area contributed by atoms with Crippen LogP contribution < -0.4 is 26.0 Å². The fourth-order valence-corrected chi connectivity index (χ4v) is 8.70. The number of nitrogens with zero attached hydrogens (tertiary/aromatic N) is 4. The predicted octanol–water partition coefficient (Wildman–Crippen LogP) is 2.45. The summed E-state index contributed by atoms with van der Waals surface area (Å²) >= 11 is 0. The Morgan fingerprint density at radius 1 is 1.06 bits per heavy atom. The van der Waals surface area contributed by atoms with E-state index in [9.17, 15) is 14.4 Å². The normalized spacial score (nSPS) is 33.7. The van der Waals surface area contributed by atoms with E-state index in [0.717, 1.165) is 56.3 Å². The van der Waals surface area contributed by atoms with Crippen molar-refractivity contribution >= 4 is 65.1 Å². The molecule has 1 spiro atoms. The Morgan fingerprint density at radius 3 is 2.47 bits per heavy atom. The first-order valence-electron chi connectivity index (χ1n) is 16.0. The third kappa shape index (κ3) is 4.46. The number of Topliss-reactive ketones (excluding diaryl/α,β-unsaturated/α-hetero) is 1. The maximum atomic E-state index is 14.3. The van der Waals surface area contributed by atoms with Crippen LogP contribution in [0.1, 0.15) is 67.3 Å². The van der Waals surface area contributed by atoms with E-state index in [-0.39, 0.29) is 59.1 Å². The zero-order valence-electron chi connectivity index (χ0n) is 28.1. The number of carbonyl (C=O) groups excluding carboxylic acids is 3. The summed E-state index contributed by atoms with van der Waals surface area (Å²) in [7, 11) is 2.68. The fraction of sp³-hybridized carbons (Fsp3) is 0.472. The molecule has 0 aromatic carbocycles. The summed E-state index contributed by atoms with van der Waals surface area (Å²) < 4.78 is 10.3. The number of allylic oxidation sites excluding steroid dienone is 1. The number of piperidine rings is 1. The largest absolute Gasteiger partial charge is 2.00 e. The number of carbonyl (C=O) groups is 3. The summed E-state index contributed by atoms with van der Waals surface area (Å²) in [5.41, 5.74) is 5.32. The zero-order valence-corrected chi connectivity index (χ0v) is 29.5. The fourth-order valence-electron chi connectivity index (χ4n) is 8.70. The van der Waals surface area contributed by atoms with Crippen molar-refractivity contribution in [2.24, 2.45) is 17.8 Å². The Balaban J connectivity index is 0.00000386. The average molecular weight is 646 g/mol. The van der Waals surface area contributed by atoms with Crippen LogP contribution in [0.15, 0.2) is 23.4 Å². The third-order valence-electron chi connectivity index (χ3n) is 11.2. The van der Waals surface area contributed by atoms with Crippen LogP contribution in [0.2, 0.25) is 0 Å². The van der Waals surface area contributed by atoms with Gasteiger partial charge in [-0.15, -0.1) is 45.9 Å². The summed E-state index contributed by atoms with van der Waals surface area (Å²) in [6.45, 7) is 14.3. The smallest absolute Gasteiger partial charge is 0.662 e. The molecule has 1 N–H and O–H groups in total. The standard InChI is InChI=1S/C36H40N5O5.Mg/c1-9-20-16(3)23-13-25-18(5)22(11-12-29(42)45-7)33(39-25)35-31(34(44)46-8)32(43)30-19(6)26(40-36(30,35)41-35)15-28-21(10-2)17(4)24(38-28)14-27(20)37-23;/h9,13-15,18,22,25,31,33,41H,1,10-12H2,2-8H3,(H-,37,38,43);/q-3;+2/p-1/b23-13-;/t18-,22-,25?,31+,33?,35+,36+;/m0./s1. The summed E-state index contributed by atoms with van der Waals surface area (Å²) in [5.74, 6) is -2.56. The summed E-state index contributed by atoms with van der Waals surface area (Å²) in [6.07, 6.45) is 9.30. The minimum Gasteiger partial charge on any atom is -0.662 e. The number of methoxy groups -OCH3 is 2. The number of ether oxygens (including phenoxy) is 2. The first-order chi connectivity index (χ1) is 22.0. The minimum atomic E-state index is -1.13. The molecule has 0 amide bonds. The first kappa shape index (κ1) is 33.5. The second-order valence-corrected chi connectivity index (χ2v) is 13.2. The molecule has 2 saturated heterocycles. The molecule has 5 aliphatic rings. The van der Waals surface area contributed by atoms with Gasteiger partial charge in [0.15, 0.2) is 5.78 Å². The quantitative estimate of drug-likeness (QED) is 0.218. The van der Waals surface area contributed by atoms with E-state index < -0.39 is 29.1 Å². The second kappa shape index (κ2) is 11.6. The number of esters is 2. The van der Waals surface area contributed by atoms with Gasteiger partial charge in [-0.2, -0.15) is 0 Å². The first-order valence-corrected chi connectivity index (χ1v) is 16.0. The van der Waals surface area contributed by atoms with Crippen molar-refractivity contribution in [3.63, 3.8) is 0 Å². The van der Waals surface area contributed by atoms with Crippen molar-refractivity contribution in [2.75, 3.05) is 14.2 Å². The van der Waals surface area contributed by atoms with Crippen LogP contribution in [0.25, 0.3) is 34.9 Å². The Bertz CT molecular complexity index is 1920. The Hall–Kier alpha value is -3.38. The molecule has 10 nitrogen and oxygen atoms in total. The molecule has 7 rings (SSSR count). The predicted molar refractivity (Wildman–Crippen MR) is 179 cm³/mol. The minimum absolute atomic E-state index is 0. The van der Waals surface area contributed by atoms with Crippen molar-refractivity contribution in [2.45, 2.75) is 77.2 Å². The number of aromatic nitrogens is 2. The maximum absolute atomic E-state index is 14.3. The number of nitrogens with one attached hydrogen (secondary N) is 1. The van der Waals surface area contributed by atoms with Crippen LogP contribution in [0.5, 0.6) is 0 Å². The SMILES string of the molecule is C=Cc1c(C)/c2[n-]/c1=C\c1[n-]c(c(CC)c1C)/C=C1\[N-][C@]34N[C@@]3(C3[N-]C(\C=2)[C@@H](C)[C@@H]3CCC(=O)OC)[C@@H](C(=O)OC)C(=O)C4=C1C.[Mg+2]. The molecule has 2 unspecified atom stereocenters. The topological polar surface area (TPSA) is 148 Å². The van der Waals surface area contributed by atoms with Gasteiger partial charge in [-0.3, -0.25) is 14.4 Å². The summed E-state index contributed by atoms with van der Waals surface area (Å²) in [5, 5.41) is 15.8. The summed E-state index contributed by atoms with van der Waals surface area (Å²) in [4.78, 5) is 50.3. The molecule has 1 saturated carbocycles. The van der Waals surface area contributed by atoms with E-state index in [1.807, 2.05) is 32.1 Å². The number of hydrogen-bond donors (Lipinski definition) is 1. The van der Waals surface area contributed by atoms with Crippen molar-refractivity contribution in [1.29, 1.82) is 0 Å². The molecular weight excluding hydrogens is 607 g/mol. The molecule has 242 valence electrons. The van der Waals surface area contributed by atoms with Crippen molar-refractivity contribution in [3.05, 3.63) is 78.4 Å².